The molecule has 1 amide bonds. The van der Waals surface area contributed by atoms with Crippen molar-refractivity contribution >= 4 is 22.0 Å². The normalized spacial score (nSPS) is 14.2. The predicted molar refractivity (Wildman–Crippen MR) is 120 cm³/mol. The Morgan fingerprint density at radius 1 is 1.10 bits per heavy atom. The highest BCUT2D eigenvalue weighted by Gasteiger charge is 2.31. The number of methoxy groups -OCH3 is 1. The summed E-state index contributed by atoms with van der Waals surface area (Å²) < 4.78 is 34.2. The maximum atomic E-state index is 12.3. The average molecular weight is 504 g/mol. The van der Waals surface area contributed by atoms with Crippen molar-refractivity contribution in [2.45, 2.75) is 59.6 Å². The van der Waals surface area contributed by atoms with Crippen LogP contribution >= 0.6 is 15.9 Å². The summed E-state index contributed by atoms with van der Waals surface area (Å²) in [5.74, 6) is 2.14. The highest BCUT2D eigenvalue weighted by molar-refractivity contribution is 9.10. The highest BCUT2D eigenvalue weighted by Crippen LogP contribution is 2.50. The molecule has 1 aromatic rings. The van der Waals surface area contributed by atoms with E-state index in [0.29, 0.717) is 40.7 Å². The second-order valence-corrected chi connectivity index (χ2v) is 10.1. The van der Waals surface area contributed by atoms with E-state index in [1.54, 1.807) is 13.2 Å². The van der Waals surface area contributed by atoms with E-state index >= 15 is 0 Å². The lowest BCUT2D eigenvalue weighted by Gasteiger charge is -2.32. The fourth-order valence-electron chi connectivity index (χ4n) is 2.71. The number of nitrogens with one attached hydrogen (secondary N) is 1. The van der Waals surface area contributed by atoms with Crippen LogP contribution in [0.5, 0.6) is 23.0 Å². The smallest absolute Gasteiger partial charge is 0.408 e. The molecule has 9 heteroatoms. The fourth-order valence-corrected chi connectivity index (χ4v) is 3.24. The molecule has 31 heavy (non-hydrogen) atoms. The molecule has 1 heterocycles. The zero-order valence-electron chi connectivity index (χ0n) is 19.4. The second-order valence-electron chi connectivity index (χ2n) is 9.32. The zero-order chi connectivity index (χ0) is 23.2. The molecule has 8 nitrogen and oxygen atoms in total. The Morgan fingerprint density at radius 3 is 2.39 bits per heavy atom. The van der Waals surface area contributed by atoms with Gasteiger partial charge in [0.05, 0.1) is 12.6 Å². The van der Waals surface area contributed by atoms with Gasteiger partial charge in [0, 0.05) is 26.2 Å². The van der Waals surface area contributed by atoms with Crippen LogP contribution in [0.15, 0.2) is 10.5 Å². The van der Waals surface area contributed by atoms with Crippen LogP contribution in [0.1, 0.15) is 48.0 Å². The van der Waals surface area contributed by atoms with Gasteiger partial charge >= 0.3 is 6.09 Å². The van der Waals surface area contributed by atoms with Gasteiger partial charge in [-0.2, -0.15) is 0 Å². The van der Waals surface area contributed by atoms with Gasteiger partial charge in [-0.15, -0.1) is 0 Å². The van der Waals surface area contributed by atoms with E-state index in [4.69, 9.17) is 28.4 Å². The molecule has 0 fully saturated rings. The molecule has 0 aliphatic carbocycles. The third kappa shape index (κ3) is 7.64. The van der Waals surface area contributed by atoms with Gasteiger partial charge < -0.3 is 33.7 Å². The molecule has 1 atom stereocenters. The molecular weight excluding hydrogens is 470 g/mol. The molecule has 0 aromatic heterocycles. The van der Waals surface area contributed by atoms with Gasteiger partial charge in [-0.1, -0.05) is 20.8 Å². The Balaban J connectivity index is 2.14. The van der Waals surface area contributed by atoms with Crippen LogP contribution < -0.4 is 24.3 Å². The van der Waals surface area contributed by atoms with E-state index in [-0.39, 0.29) is 24.9 Å². The summed E-state index contributed by atoms with van der Waals surface area (Å²) in [6, 6.07) is 1.46. The van der Waals surface area contributed by atoms with E-state index in [0.717, 1.165) is 6.42 Å². The molecule has 1 aromatic carbocycles. The average Bonchev–Trinajstić information content (AvgIpc) is 3.12. The number of benzene rings is 1. The van der Waals surface area contributed by atoms with E-state index in [2.05, 4.69) is 21.2 Å². The number of fused-ring (bicyclic) bond motifs is 1. The number of halogens is 1. The monoisotopic (exact) mass is 503 g/mol. The van der Waals surface area contributed by atoms with Crippen LogP contribution in [0.25, 0.3) is 0 Å². The molecule has 0 spiro atoms. The molecule has 1 N–H and O–H groups in total. The van der Waals surface area contributed by atoms with Crippen molar-refractivity contribution in [3.8, 4) is 23.0 Å². The summed E-state index contributed by atoms with van der Waals surface area (Å²) in [6.45, 7) is 13.0. The molecule has 0 saturated heterocycles. The molecule has 1 aliphatic heterocycles. The maximum Gasteiger partial charge on any atom is 0.408 e. The lowest BCUT2D eigenvalue weighted by molar-refractivity contribution is 0.0429. The quantitative estimate of drug-likeness (QED) is 0.479. The third-order valence-electron chi connectivity index (χ3n) is 4.41. The van der Waals surface area contributed by atoms with Crippen molar-refractivity contribution in [3.05, 3.63) is 10.5 Å². The van der Waals surface area contributed by atoms with E-state index in [1.165, 1.54) is 0 Å². The van der Waals surface area contributed by atoms with Crippen molar-refractivity contribution in [2.75, 3.05) is 33.7 Å². The number of ether oxygens (including phenoxy) is 6. The first-order valence-electron chi connectivity index (χ1n) is 10.3. The summed E-state index contributed by atoms with van der Waals surface area (Å²) in [5, 5.41) is 2.92. The van der Waals surface area contributed by atoms with Crippen LogP contribution in [0.3, 0.4) is 0 Å². The SMILES string of the molecule is COCCCOc1cc(OCC(NC(=O)OC(C)(C)C)C(C)(C)C)c(Br)c2c1OCO2. The lowest BCUT2D eigenvalue weighted by Crippen LogP contribution is -2.49. The topological polar surface area (TPSA) is 84.5 Å². The molecule has 0 saturated carbocycles. The summed E-state index contributed by atoms with van der Waals surface area (Å²) in [7, 11) is 1.65. The standard InChI is InChI=1S/C22H34BrNO7/c1-21(2,3)16(24-20(25)31-22(4,5)6)12-28-14-11-15(27-10-8-9-26-7)18-19(17(14)23)30-13-29-18/h11,16H,8-10,12-13H2,1-7H3,(H,24,25). The molecule has 2 rings (SSSR count). The van der Waals surface area contributed by atoms with E-state index in [1.807, 2.05) is 41.5 Å². The summed E-state index contributed by atoms with van der Waals surface area (Å²) in [6.07, 6.45) is 0.257. The van der Waals surface area contributed by atoms with Crippen LogP contribution in [0, 0.1) is 5.41 Å². The van der Waals surface area contributed by atoms with Crippen LogP contribution in [-0.4, -0.2) is 51.5 Å². The van der Waals surface area contributed by atoms with Crippen molar-refractivity contribution in [2.24, 2.45) is 5.41 Å². The van der Waals surface area contributed by atoms with Gasteiger partial charge in [0.25, 0.3) is 0 Å². The van der Waals surface area contributed by atoms with Crippen molar-refractivity contribution in [3.63, 3.8) is 0 Å². The zero-order valence-corrected chi connectivity index (χ0v) is 21.0. The van der Waals surface area contributed by atoms with Gasteiger partial charge in [-0.3, -0.25) is 0 Å². The van der Waals surface area contributed by atoms with Crippen LogP contribution in [-0.2, 0) is 9.47 Å². The highest BCUT2D eigenvalue weighted by atomic mass is 79.9. The molecule has 0 radical (unpaired) electrons. The minimum Gasteiger partial charge on any atom is -0.490 e. The Kier molecular flexibility index (Phi) is 8.71. The Labute approximate surface area is 193 Å². The first kappa shape index (κ1) is 25.4. The van der Waals surface area contributed by atoms with Crippen molar-refractivity contribution in [1.82, 2.24) is 5.32 Å². The third-order valence-corrected chi connectivity index (χ3v) is 5.16. The summed E-state index contributed by atoms with van der Waals surface area (Å²) >= 11 is 3.53. The van der Waals surface area contributed by atoms with Gasteiger partial charge in [0.2, 0.25) is 12.5 Å². The Hall–Kier alpha value is -1.87. The van der Waals surface area contributed by atoms with E-state index in [9.17, 15) is 4.79 Å². The largest absolute Gasteiger partial charge is 0.490 e. The maximum absolute atomic E-state index is 12.3. The Bertz CT molecular complexity index is 756. The molecule has 1 aliphatic rings. The molecule has 1 unspecified atom stereocenters. The predicted octanol–water partition coefficient (Wildman–Crippen LogP) is 4.91. The molecular formula is C22H34BrNO7. The molecule has 0 bridgehead atoms. The number of amides is 1. The Morgan fingerprint density at radius 2 is 1.77 bits per heavy atom. The van der Waals surface area contributed by atoms with Gasteiger partial charge in [0.1, 0.15) is 22.4 Å². The van der Waals surface area contributed by atoms with Gasteiger partial charge in [0.15, 0.2) is 11.5 Å². The summed E-state index contributed by atoms with van der Waals surface area (Å²) in [5.41, 5.74) is -0.845. The minimum atomic E-state index is -0.581. The van der Waals surface area contributed by atoms with E-state index < -0.39 is 11.7 Å². The lowest BCUT2D eigenvalue weighted by atomic mass is 9.87. The van der Waals surface area contributed by atoms with Crippen LogP contribution in [0.4, 0.5) is 4.79 Å². The number of hydrogen-bond acceptors (Lipinski definition) is 7. The minimum absolute atomic E-state index is 0.108. The fraction of sp³-hybridized carbons (Fsp3) is 0.682. The number of alkyl carbamates (subject to hydrolysis) is 1. The van der Waals surface area contributed by atoms with Gasteiger partial charge in [-0.25, -0.2) is 4.79 Å². The number of hydrogen-bond donors (Lipinski definition) is 1. The van der Waals surface area contributed by atoms with Crippen molar-refractivity contribution in [1.29, 1.82) is 0 Å². The summed E-state index contributed by atoms with van der Waals surface area (Å²) in [4.78, 5) is 12.3. The number of carbonyl (C=O) groups is 1. The first-order chi connectivity index (χ1) is 14.4. The van der Waals surface area contributed by atoms with Crippen LogP contribution in [0.2, 0.25) is 0 Å². The van der Waals surface area contributed by atoms with Gasteiger partial charge in [-0.05, 0) is 42.1 Å². The first-order valence-corrected chi connectivity index (χ1v) is 11.1. The van der Waals surface area contributed by atoms with Crippen molar-refractivity contribution < 1.29 is 33.2 Å². The molecule has 176 valence electrons. The second kappa shape index (κ2) is 10.6. The number of rotatable bonds is 9. The number of carbonyl (C=O) groups excluding carboxylic acids is 1.